The molecule has 1 saturated carbocycles. The van der Waals surface area contributed by atoms with Gasteiger partial charge in [0.2, 0.25) is 0 Å². The van der Waals surface area contributed by atoms with Gasteiger partial charge in [0.15, 0.2) is 0 Å². The summed E-state index contributed by atoms with van der Waals surface area (Å²) >= 11 is 0. The molecule has 1 fully saturated rings. The summed E-state index contributed by atoms with van der Waals surface area (Å²) in [6.07, 6.45) is 2.72. The first-order chi connectivity index (χ1) is 8.22. The van der Waals surface area contributed by atoms with E-state index in [0.29, 0.717) is 0 Å². The summed E-state index contributed by atoms with van der Waals surface area (Å²) in [7, 11) is 2.01. The van der Waals surface area contributed by atoms with E-state index in [-0.39, 0.29) is 0 Å². The Morgan fingerprint density at radius 1 is 1.29 bits per heavy atom. The van der Waals surface area contributed by atoms with Crippen molar-refractivity contribution in [2.45, 2.75) is 39.3 Å². The fraction of sp³-hybridized carbons (Fsp3) is 0.600. The normalized spacial score (nSPS) is 15.3. The molecule has 0 amide bonds. The highest BCUT2D eigenvalue weighted by Gasteiger charge is 2.30. The lowest BCUT2D eigenvalue weighted by atomic mass is 10.1. The fourth-order valence-electron chi connectivity index (χ4n) is 2.35. The largest absolute Gasteiger partial charge is 0.368 e. The summed E-state index contributed by atoms with van der Waals surface area (Å²) in [5.41, 5.74) is 2.85. The zero-order chi connectivity index (χ0) is 12.3. The lowest BCUT2D eigenvalue weighted by Crippen LogP contribution is -2.31. The monoisotopic (exact) mass is 232 g/mol. The quantitative estimate of drug-likeness (QED) is 0.811. The molecule has 1 aliphatic carbocycles. The van der Waals surface area contributed by atoms with Crippen molar-refractivity contribution in [2.24, 2.45) is 5.92 Å². The van der Waals surface area contributed by atoms with Gasteiger partial charge in [-0.25, -0.2) is 0 Å². The molecule has 0 radical (unpaired) electrons. The van der Waals surface area contributed by atoms with Crippen LogP contribution in [0.3, 0.4) is 0 Å². The van der Waals surface area contributed by atoms with Crippen LogP contribution in [0.4, 0.5) is 5.69 Å². The molecule has 94 valence electrons. The van der Waals surface area contributed by atoms with E-state index < -0.39 is 0 Å². The predicted octanol–water partition coefficient (Wildman–Crippen LogP) is 3.03. The van der Waals surface area contributed by atoms with E-state index in [1.807, 2.05) is 7.05 Å². The molecule has 0 aliphatic heterocycles. The van der Waals surface area contributed by atoms with Crippen LogP contribution < -0.4 is 10.2 Å². The third-order valence-electron chi connectivity index (χ3n) is 3.22. The van der Waals surface area contributed by atoms with Crippen LogP contribution in [0.2, 0.25) is 0 Å². The second-order valence-corrected chi connectivity index (χ2v) is 5.44. The Morgan fingerprint density at radius 3 is 2.59 bits per heavy atom. The lowest BCUT2D eigenvalue weighted by molar-refractivity contribution is 0.604. The van der Waals surface area contributed by atoms with Gasteiger partial charge in [-0.3, -0.25) is 0 Å². The minimum absolute atomic E-state index is 0.721. The molecule has 2 rings (SSSR count). The van der Waals surface area contributed by atoms with Crippen LogP contribution in [0.1, 0.15) is 32.3 Å². The third-order valence-corrected chi connectivity index (χ3v) is 3.22. The number of benzene rings is 1. The first kappa shape index (κ1) is 12.4. The Labute approximate surface area is 105 Å². The molecule has 1 N–H and O–H groups in total. The smallest absolute Gasteiger partial charge is 0.0414 e. The molecule has 0 bridgehead atoms. The van der Waals surface area contributed by atoms with Gasteiger partial charge in [-0.05, 0) is 37.4 Å². The molecule has 2 nitrogen and oxygen atoms in total. The average Bonchev–Trinajstić information content (AvgIpc) is 3.11. The number of hydrogen-bond acceptors (Lipinski definition) is 2. The molecule has 1 aliphatic rings. The van der Waals surface area contributed by atoms with Gasteiger partial charge >= 0.3 is 0 Å². The summed E-state index contributed by atoms with van der Waals surface area (Å²) < 4.78 is 0. The molecule has 1 aromatic rings. The highest BCUT2D eigenvalue weighted by atomic mass is 15.2. The van der Waals surface area contributed by atoms with Crippen molar-refractivity contribution in [3.63, 3.8) is 0 Å². The maximum atomic E-state index is 3.27. The van der Waals surface area contributed by atoms with Crippen LogP contribution in [0.5, 0.6) is 0 Å². The Bertz CT molecular complexity index is 356. The summed E-state index contributed by atoms with van der Waals surface area (Å²) in [4.78, 5) is 2.61. The number of rotatable bonds is 6. The number of para-hydroxylation sites is 1. The highest BCUT2D eigenvalue weighted by Crippen LogP contribution is 2.34. The maximum absolute atomic E-state index is 3.27. The first-order valence-electron chi connectivity index (χ1n) is 6.71. The lowest BCUT2D eigenvalue weighted by Gasteiger charge is -2.29. The molecule has 0 saturated heterocycles. The Balaban J connectivity index is 2.21. The number of nitrogens with one attached hydrogen (secondary N) is 1. The molecule has 0 heterocycles. The molecule has 2 heteroatoms. The van der Waals surface area contributed by atoms with Crippen LogP contribution in [0.15, 0.2) is 24.3 Å². The van der Waals surface area contributed by atoms with Gasteiger partial charge in [0, 0.05) is 24.8 Å². The highest BCUT2D eigenvalue weighted by molar-refractivity contribution is 5.55. The predicted molar refractivity (Wildman–Crippen MR) is 74.4 cm³/mol. The van der Waals surface area contributed by atoms with Gasteiger partial charge in [-0.2, -0.15) is 0 Å². The van der Waals surface area contributed by atoms with Crippen LogP contribution in [-0.2, 0) is 6.54 Å². The fourth-order valence-corrected chi connectivity index (χ4v) is 2.35. The standard InChI is InChI=1S/C15H24N2/c1-12(2)11-17(14-8-9-14)15-7-5-4-6-13(15)10-16-3/h4-7,12,14,16H,8-11H2,1-3H3. The second kappa shape index (κ2) is 5.54. The van der Waals surface area contributed by atoms with Crippen molar-refractivity contribution in [3.05, 3.63) is 29.8 Å². The van der Waals surface area contributed by atoms with Crippen LogP contribution >= 0.6 is 0 Å². The number of anilines is 1. The molecule has 0 atom stereocenters. The molecule has 0 spiro atoms. The van der Waals surface area contributed by atoms with Crippen LogP contribution in [0.25, 0.3) is 0 Å². The molecule has 1 aromatic carbocycles. The van der Waals surface area contributed by atoms with Crippen LogP contribution in [-0.4, -0.2) is 19.6 Å². The van der Waals surface area contributed by atoms with E-state index in [1.54, 1.807) is 0 Å². The zero-order valence-corrected chi connectivity index (χ0v) is 11.2. The van der Waals surface area contributed by atoms with Crippen LogP contribution in [0, 0.1) is 5.92 Å². The van der Waals surface area contributed by atoms with Crippen molar-refractivity contribution >= 4 is 5.69 Å². The molecule has 0 aromatic heterocycles. The number of nitrogens with zero attached hydrogens (tertiary/aromatic N) is 1. The van der Waals surface area contributed by atoms with E-state index in [0.717, 1.165) is 18.5 Å². The first-order valence-corrected chi connectivity index (χ1v) is 6.71. The van der Waals surface area contributed by atoms with Crippen molar-refractivity contribution in [2.75, 3.05) is 18.5 Å². The minimum Gasteiger partial charge on any atom is -0.368 e. The second-order valence-electron chi connectivity index (χ2n) is 5.44. The molecule has 17 heavy (non-hydrogen) atoms. The average molecular weight is 232 g/mol. The Hall–Kier alpha value is -1.02. The van der Waals surface area contributed by atoms with Crippen molar-refractivity contribution in [1.29, 1.82) is 0 Å². The van der Waals surface area contributed by atoms with Crippen molar-refractivity contribution in [1.82, 2.24) is 5.32 Å². The van der Waals surface area contributed by atoms with Gasteiger partial charge < -0.3 is 10.2 Å². The van der Waals surface area contributed by atoms with Crippen molar-refractivity contribution < 1.29 is 0 Å². The topological polar surface area (TPSA) is 15.3 Å². The van der Waals surface area contributed by atoms with Gasteiger partial charge in [-0.1, -0.05) is 32.0 Å². The minimum atomic E-state index is 0.721. The van der Waals surface area contributed by atoms with Gasteiger partial charge in [-0.15, -0.1) is 0 Å². The van der Waals surface area contributed by atoms with Gasteiger partial charge in [0.25, 0.3) is 0 Å². The van der Waals surface area contributed by atoms with Gasteiger partial charge in [0.1, 0.15) is 0 Å². The molecule has 0 unspecified atom stereocenters. The van der Waals surface area contributed by atoms with E-state index in [9.17, 15) is 0 Å². The Kier molecular flexibility index (Phi) is 4.06. The van der Waals surface area contributed by atoms with E-state index in [1.165, 1.54) is 30.6 Å². The van der Waals surface area contributed by atoms with E-state index in [4.69, 9.17) is 0 Å². The number of hydrogen-bond donors (Lipinski definition) is 1. The third kappa shape index (κ3) is 3.22. The summed E-state index contributed by atoms with van der Waals surface area (Å²) in [5.74, 6) is 0.721. The summed E-state index contributed by atoms with van der Waals surface area (Å²) in [5, 5.41) is 3.27. The summed E-state index contributed by atoms with van der Waals surface area (Å²) in [6, 6.07) is 9.59. The van der Waals surface area contributed by atoms with Crippen molar-refractivity contribution in [3.8, 4) is 0 Å². The van der Waals surface area contributed by atoms with Gasteiger partial charge in [0.05, 0.1) is 0 Å². The summed E-state index contributed by atoms with van der Waals surface area (Å²) in [6.45, 7) is 6.73. The zero-order valence-electron chi connectivity index (χ0n) is 11.2. The van der Waals surface area contributed by atoms with E-state index >= 15 is 0 Å². The molecular formula is C15H24N2. The van der Waals surface area contributed by atoms with E-state index in [2.05, 4.69) is 48.3 Å². The SMILES string of the molecule is CNCc1ccccc1N(CC(C)C)C1CC1. The molecular weight excluding hydrogens is 208 g/mol. The Morgan fingerprint density at radius 2 is 2.00 bits per heavy atom. The maximum Gasteiger partial charge on any atom is 0.0414 e.